The van der Waals surface area contributed by atoms with E-state index in [4.69, 9.17) is 0 Å². The van der Waals surface area contributed by atoms with Gasteiger partial charge in [-0.1, -0.05) is 30.3 Å². The maximum atomic E-state index is 11.9. The van der Waals surface area contributed by atoms with E-state index in [9.17, 15) is 19.5 Å². The lowest BCUT2D eigenvalue weighted by Gasteiger charge is -2.17. The fourth-order valence-electron chi connectivity index (χ4n) is 1.88. The first-order valence-corrected chi connectivity index (χ1v) is 6.35. The van der Waals surface area contributed by atoms with E-state index in [1.54, 1.807) is 24.3 Å². The molecule has 0 spiro atoms. The van der Waals surface area contributed by atoms with Crippen LogP contribution in [0.5, 0.6) is 0 Å². The van der Waals surface area contributed by atoms with E-state index in [0.29, 0.717) is 0 Å². The molecule has 0 aliphatic rings. The summed E-state index contributed by atoms with van der Waals surface area (Å²) in [6.45, 7) is -0.491. The highest BCUT2D eigenvalue weighted by molar-refractivity contribution is 5.76. The third kappa shape index (κ3) is 3.90. The van der Waals surface area contributed by atoms with Crippen molar-refractivity contribution >= 4 is 5.91 Å². The Morgan fingerprint density at radius 2 is 1.95 bits per heavy atom. The number of benzene rings is 1. The number of hydrogen-bond acceptors (Lipinski definition) is 4. The van der Waals surface area contributed by atoms with Crippen molar-refractivity contribution in [3.8, 4) is 0 Å². The Labute approximate surface area is 119 Å². The third-order valence-electron chi connectivity index (χ3n) is 2.93. The highest BCUT2D eigenvalue weighted by atomic mass is 16.3. The van der Waals surface area contributed by atoms with Crippen molar-refractivity contribution in [2.75, 3.05) is 6.61 Å². The van der Waals surface area contributed by atoms with Crippen LogP contribution in [-0.2, 0) is 11.3 Å². The number of nitrogens with zero attached hydrogens (tertiary/aromatic N) is 1. The molecule has 0 bridgehead atoms. The van der Waals surface area contributed by atoms with E-state index in [0.717, 1.165) is 16.2 Å². The summed E-state index contributed by atoms with van der Waals surface area (Å²) >= 11 is 0. The Bertz CT molecular complexity index is 721. The van der Waals surface area contributed by atoms with Gasteiger partial charge in [-0.3, -0.25) is 19.1 Å². The quantitative estimate of drug-likeness (QED) is 0.682. The minimum absolute atomic E-state index is 0.237. The fraction of sp³-hybridized carbons (Fsp3) is 0.214. The van der Waals surface area contributed by atoms with Gasteiger partial charge in [-0.25, -0.2) is 4.79 Å². The van der Waals surface area contributed by atoms with Gasteiger partial charge >= 0.3 is 5.69 Å². The van der Waals surface area contributed by atoms with Crippen LogP contribution < -0.4 is 16.6 Å². The zero-order chi connectivity index (χ0) is 15.2. The molecule has 1 aromatic carbocycles. The third-order valence-corrected chi connectivity index (χ3v) is 2.93. The molecule has 1 heterocycles. The second-order valence-corrected chi connectivity index (χ2v) is 4.45. The summed E-state index contributed by atoms with van der Waals surface area (Å²) in [7, 11) is 0. The number of nitrogens with one attached hydrogen (secondary N) is 2. The van der Waals surface area contributed by atoms with Crippen molar-refractivity contribution in [1.82, 2.24) is 14.9 Å². The van der Waals surface area contributed by atoms with Crippen molar-refractivity contribution in [2.24, 2.45) is 0 Å². The number of carbonyl (C=O) groups excluding carboxylic acids is 1. The number of rotatable bonds is 5. The Balaban J connectivity index is 2.07. The van der Waals surface area contributed by atoms with Crippen molar-refractivity contribution in [3.63, 3.8) is 0 Å². The van der Waals surface area contributed by atoms with Gasteiger partial charge in [0.15, 0.2) is 0 Å². The summed E-state index contributed by atoms with van der Waals surface area (Å²) < 4.78 is 1.08. The molecular weight excluding hydrogens is 274 g/mol. The zero-order valence-corrected chi connectivity index (χ0v) is 11.2. The van der Waals surface area contributed by atoms with Crippen molar-refractivity contribution in [1.29, 1.82) is 0 Å². The van der Waals surface area contributed by atoms with Gasteiger partial charge in [-0.05, 0) is 5.56 Å². The number of aromatic nitrogens is 2. The minimum Gasteiger partial charge on any atom is -0.394 e. The number of amides is 1. The molecule has 7 heteroatoms. The van der Waals surface area contributed by atoms with Crippen LogP contribution in [0.1, 0.15) is 11.6 Å². The number of H-pyrrole nitrogens is 1. The standard InChI is InChI=1S/C14H15N3O4/c18-9-11(10-4-2-1-3-5-10)15-13(20)8-17-7-6-12(19)16-14(17)21/h1-7,11,18H,8-9H2,(H,15,20)(H,16,19,21). The van der Waals surface area contributed by atoms with E-state index < -0.39 is 23.2 Å². The molecule has 21 heavy (non-hydrogen) atoms. The Morgan fingerprint density at radius 1 is 1.24 bits per heavy atom. The van der Waals surface area contributed by atoms with Gasteiger partial charge in [-0.2, -0.15) is 0 Å². The van der Waals surface area contributed by atoms with Crippen molar-refractivity contribution in [2.45, 2.75) is 12.6 Å². The van der Waals surface area contributed by atoms with Gasteiger partial charge in [0.1, 0.15) is 6.54 Å². The van der Waals surface area contributed by atoms with Crippen molar-refractivity contribution in [3.05, 3.63) is 69.0 Å². The number of aliphatic hydroxyl groups is 1. The van der Waals surface area contributed by atoms with E-state index >= 15 is 0 Å². The maximum Gasteiger partial charge on any atom is 0.328 e. The first-order chi connectivity index (χ1) is 10.1. The van der Waals surface area contributed by atoms with E-state index in [-0.39, 0.29) is 13.2 Å². The van der Waals surface area contributed by atoms with Crippen molar-refractivity contribution < 1.29 is 9.90 Å². The van der Waals surface area contributed by atoms with Crippen LogP contribution in [0.4, 0.5) is 0 Å². The molecule has 1 unspecified atom stereocenters. The normalized spacial score (nSPS) is 11.9. The lowest BCUT2D eigenvalue weighted by molar-refractivity contribution is -0.122. The highest BCUT2D eigenvalue weighted by Gasteiger charge is 2.13. The molecule has 1 amide bonds. The zero-order valence-electron chi connectivity index (χ0n) is 11.2. The Hall–Kier alpha value is -2.67. The summed E-state index contributed by atoms with van der Waals surface area (Å²) in [5, 5.41) is 12.0. The molecule has 110 valence electrons. The lowest BCUT2D eigenvalue weighted by atomic mass is 10.1. The number of carbonyl (C=O) groups is 1. The maximum absolute atomic E-state index is 11.9. The predicted molar refractivity (Wildman–Crippen MR) is 75.7 cm³/mol. The average Bonchev–Trinajstić information content (AvgIpc) is 2.48. The molecule has 0 fully saturated rings. The SMILES string of the molecule is O=C(Cn1ccc(=O)[nH]c1=O)NC(CO)c1ccccc1. The van der Waals surface area contributed by atoms with E-state index in [2.05, 4.69) is 10.3 Å². The van der Waals surface area contributed by atoms with E-state index in [1.807, 2.05) is 6.07 Å². The van der Waals surface area contributed by atoms with Crippen LogP contribution in [0.3, 0.4) is 0 Å². The van der Waals surface area contributed by atoms with E-state index in [1.165, 1.54) is 6.20 Å². The average molecular weight is 289 g/mol. The molecule has 7 nitrogen and oxygen atoms in total. The Morgan fingerprint density at radius 3 is 2.57 bits per heavy atom. The van der Waals surface area contributed by atoms with Gasteiger partial charge in [0.05, 0.1) is 12.6 Å². The second-order valence-electron chi connectivity index (χ2n) is 4.45. The molecule has 0 radical (unpaired) electrons. The lowest BCUT2D eigenvalue weighted by Crippen LogP contribution is -2.37. The van der Waals surface area contributed by atoms with Gasteiger partial charge < -0.3 is 10.4 Å². The molecule has 1 atom stereocenters. The van der Waals surface area contributed by atoms with Crippen LogP contribution in [0.15, 0.2) is 52.2 Å². The largest absolute Gasteiger partial charge is 0.394 e. The fourth-order valence-corrected chi connectivity index (χ4v) is 1.88. The molecule has 0 saturated carbocycles. The molecule has 0 aliphatic heterocycles. The molecule has 0 saturated heterocycles. The number of hydrogen-bond donors (Lipinski definition) is 3. The van der Waals surface area contributed by atoms with Gasteiger partial charge in [-0.15, -0.1) is 0 Å². The summed E-state index contributed by atoms with van der Waals surface area (Å²) in [4.78, 5) is 36.4. The van der Waals surface area contributed by atoms with Crippen LogP contribution in [-0.4, -0.2) is 27.2 Å². The number of aliphatic hydroxyl groups excluding tert-OH is 1. The van der Waals surface area contributed by atoms with Gasteiger partial charge in [0.25, 0.3) is 5.56 Å². The first-order valence-electron chi connectivity index (χ1n) is 6.35. The van der Waals surface area contributed by atoms with Crippen LogP contribution in [0.25, 0.3) is 0 Å². The predicted octanol–water partition coefficient (Wildman–Crippen LogP) is -0.614. The summed E-state index contributed by atoms with van der Waals surface area (Å²) in [5.41, 5.74) is -0.408. The minimum atomic E-state index is -0.655. The topological polar surface area (TPSA) is 104 Å². The number of aromatic amines is 1. The highest BCUT2D eigenvalue weighted by Crippen LogP contribution is 2.11. The molecule has 0 aliphatic carbocycles. The summed E-state index contributed by atoms with van der Waals surface area (Å²) in [6, 6.07) is 9.63. The summed E-state index contributed by atoms with van der Waals surface area (Å²) in [5.74, 6) is -0.438. The second kappa shape index (κ2) is 6.67. The van der Waals surface area contributed by atoms with Crippen LogP contribution in [0.2, 0.25) is 0 Å². The van der Waals surface area contributed by atoms with Gasteiger partial charge in [0.2, 0.25) is 5.91 Å². The van der Waals surface area contributed by atoms with Crippen LogP contribution >= 0.6 is 0 Å². The molecular formula is C14H15N3O4. The summed E-state index contributed by atoms with van der Waals surface area (Å²) in [6.07, 6.45) is 1.25. The smallest absolute Gasteiger partial charge is 0.328 e. The molecule has 2 aromatic rings. The first kappa shape index (κ1) is 14.7. The Kier molecular flexibility index (Phi) is 4.68. The molecule has 1 aromatic heterocycles. The monoisotopic (exact) mass is 289 g/mol. The van der Waals surface area contributed by atoms with Crippen LogP contribution in [0, 0.1) is 0 Å². The molecule has 3 N–H and O–H groups in total. The molecule has 2 rings (SSSR count). The van der Waals surface area contributed by atoms with Gasteiger partial charge in [0, 0.05) is 12.3 Å².